The molecule has 0 aromatic rings. The van der Waals surface area contributed by atoms with Crippen LogP contribution in [-0.2, 0) is 14.6 Å². The summed E-state index contributed by atoms with van der Waals surface area (Å²) in [7, 11) is -2.84. The molecular weight excluding hydrogens is 152 g/mol. The van der Waals surface area contributed by atoms with Crippen molar-refractivity contribution >= 4 is 9.84 Å². The quantitative estimate of drug-likeness (QED) is 0.514. The molecule has 0 aromatic carbocycles. The Morgan fingerprint density at radius 3 is 2.40 bits per heavy atom. The Kier molecular flexibility index (Phi) is 2.01. The van der Waals surface area contributed by atoms with Gasteiger partial charge in [-0.2, -0.15) is 0 Å². The van der Waals surface area contributed by atoms with Gasteiger partial charge in [0.25, 0.3) is 0 Å². The summed E-state index contributed by atoms with van der Waals surface area (Å²) in [5.74, 6) is 0.179. The van der Waals surface area contributed by atoms with E-state index in [1.807, 2.05) is 0 Å². The smallest absolute Gasteiger partial charge is 0.157 e. The van der Waals surface area contributed by atoms with Gasteiger partial charge >= 0.3 is 0 Å². The van der Waals surface area contributed by atoms with Crippen molar-refractivity contribution in [1.29, 1.82) is 0 Å². The Balaban J connectivity index is 2.80. The van der Waals surface area contributed by atoms with E-state index in [9.17, 15) is 8.42 Å². The molecule has 0 unspecified atom stereocenters. The summed E-state index contributed by atoms with van der Waals surface area (Å²) in [6.07, 6.45) is -0.140. The summed E-state index contributed by atoms with van der Waals surface area (Å²) in [6, 6.07) is 0. The highest BCUT2D eigenvalue weighted by molar-refractivity contribution is 7.92. The lowest BCUT2D eigenvalue weighted by Gasteiger charge is -2.25. The molecule has 1 heterocycles. The highest BCUT2D eigenvalue weighted by atomic mass is 32.2. The van der Waals surface area contributed by atoms with Gasteiger partial charge in [0.1, 0.15) is 0 Å². The highest BCUT2D eigenvalue weighted by Crippen LogP contribution is 2.14. The molecule has 3 nitrogen and oxygen atoms in total. The van der Waals surface area contributed by atoms with Crippen LogP contribution in [-0.4, -0.2) is 32.1 Å². The summed E-state index contributed by atoms with van der Waals surface area (Å²) in [4.78, 5) is 0. The Labute approximate surface area is 61.3 Å². The van der Waals surface area contributed by atoms with Crippen LogP contribution in [0.25, 0.3) is 0 Å². The second-order valence-corrected chi connectivity index (χ2v) is 5.13. The Bertz CT molecular complexity index is 207. The van der Waals surface area contributed by atoms with Gasteiger partial charge in [-0.3, -0.25) is 0 Å². The van der Waals surface area contributed by atoms with E-state index in [1.54, 1.807) is 13.8 Å². The zero-order valence-corrected chi connectivity index (χ0v) is 7.02. The van der Waals surface area contributed by atoms with Crippen molar-refractivity contribution in [3.8, 4) is 0 Å². The van der Waals surface area contributed by atoms with Crippen LogP contribution in [0, 0.1) is 0 Å². The maximum Gasteiger partial charge on any atom is 0.157 e. The lowest BCUT2D eigenvalue weighted by Crippen LogP contribution is -2.40. The Hall–Kier alpha value is -0.0900. The van der Waals surface area contributed by atoms with E-state index in [4.69, 9.17) is 4.74 Å². The third-order valence-electron chi connectivity index (χ3n) is 1.98. The molecule has 0 N–H and O–H groups in total. The van der Waals surface area contributed by atoms with Crippen molar-refractivity contribution in [2.75, 3.05) is 12.4 Å². The molecule has 60 valence electrons. The van der Waals surface area contributed by atoms with Gasteiger partial charge in [0.15, 0.2) is 9.84 Å². The maximum atomic E-state index is 11.1. The van der Waals surface area contributed by atoms with Crippen LogP contribution < -0.4 is 0 Å². The second-order valence-electron chi connectivity index (χ2n) is 2.65. The van der Waals surface area contributed by atoms with Crippen molar-refractivity contribution in [2.24, 2.45) is 0 Å². The lowest BCUT2D eigenvalue weighted by molar-refractivity contribution is 0.0677. The molecule has 2 atom stereocenters. The van der Waals surface area contributed by atoms with E-state index >= 15 is 0 Å². The Morgan fingerprint density at radius 1 is 1.40 bits per heavy atom. The zero-order chi connectivity index (χ0) is 7.78. The minimum atomic E-state index is -2.84. The summed E-state index contributed by atoms with van der Waals surface area (Å²) < 4.78 is 27.4. The molecule has 0 radical (unpaired) electrons. The third-order valence-corrected chi connectivity index (χ3v) is 4.23. The van der Waals surface area contributed by atoms with Crippen LogP contribution in [0.2, 0.25) is 0 Å². The van der Waals surface area contributed by atoms with Crippen molar-refractivity contribution in [1.82, 2.24) is 0 Å². The lowest BCUT2D eigenvalue weighted by atomic mass is 10.3. The maximum absolute atomic E-state index is 11.1. The molecule has 1 rings (SSSR count). The van der Waals surface area contributed by atoms with E-state index < -0.39 is 9.84 Å². The van der Waals surface area contributed by atoms with Gasteiger partial charge in [0.05, 0.1) is 23.7 Å². The first-order chi connectivity index (χ1) is 4.54. The van der Waals surface area contributed by atoms with Gasteiger partial charge in [-0.05, 0) is 13.8 Å². The molecule has 10 heavy (non-hydrogen) atoms. The van der Waals surface area contributed by atoms with Crippen molar-refractivity contribution in [2.45, 2.75) is 25.2 Å². The van der Waals surface area contributed by atoms with Crippen LogP contribution in [0.15, 0.2) is 0 Å². The molecule has 4 heteroatoms. The first kappa shape index (κ1) is 8.01. The van der Waals surface area contributed by atoms with Gasteiger partial charge in [-0.1, -0.05) is 0 Å². The first-order valence-electron chi connectivity index (χ1n) is 3.37. The molecule has 0 spiro atoms. The number of ether oxygens (including phenoxy) is 1. The fourth-order valence-electron chi connectivity index (χ4n) is 0.964. The summed E-state index contributed by atoms with van der Waals surface area (Å²) in [5.41, 5.74) is 0. The molecule has 0 bridgehead atoms. The van der Waals surface area contributed by atoms with Crippen molar-refractivity contribution in [3.05, 3.63) is 0 Å². The number of sulfone groups is 1. The normalized spacial score (nSPS) is 39.4. The number of hydrogen-bond acceptors (Lipinski definition) is 3. The number of rotatable bonds is 0. The van der Waals surface area contributed by atoms with Crippen molar-refractivity contribution in [3.63, 3.8) is 0 Å². The second kappa shape index (κ2) is 2.51. The van der Waals surface area contributed by atoms with Crippen LogP contribution in [0.3, 0.4) is 0 Å². The fourth-order valence-corrected chi connectivity index (χ4v) is 2.33. The molecule has 1 aliphatic heterocycles. The van der Waals surface area contributed by atoms with Gasteiger partial charge in [-0.25, -0.2) is 8.42 Å². The van der Waals surface area contributed by atoms with Crippen molar-refractivity contribution < 1.29 is 13.2 Å². The van der Waals surface area contributed by atoms with Gasteiger partial charge in [0.2, 0.25) is 0 Å². The number of hydrogen-bond donors (Lipinski definition) is 0. The van der Waals surface area contributed by atoms with Crippen LogP contribution in [0.5, 0.6) is 0 Å². The largest absolute Gasteiger partial charge is 0.376 e. The highest BCUT2D eigenvalue weighted by Gasteiger charge is 2.30. The predicted octanol–water partition coefficient (Wildman–Crippen LogP) is 0.208. The molecule has 1 saturated heterocycles. The van der Waals surface area contributed by atoms with E-state index in [0.29, 0.717) is 6.61 Å². The van der Waals surface area contributed by atoms with Crippen LogP contribution in [0.4, 0.5) is 0 Å². The molecular formula is C6H12O3S. The van der Waals surface area contributed by atoms with E-state index in [1.165, 1.54) is 0 Å². The minimum absolute atomic E-state index is 0.140. The predicted molar refractivity (Wildman–Crippen MR) is 38.7 cm³/mol. The summed E-state index contributed by atoms with van der Waals surface area (Å²) >= 11 is 0. The van der Waals surface area contributed by atoms with Crippen LogP contribution >= 0.6 is 0 Å². The molecule has 1 aliphatic rings. The molecule has 0 amide bonds. The van der Waals surface area contributed by atoms with Gasteiger partial charge < -0.3 is 4.74 Å². The zero-order valence-electron chi connectivity index (χ0n) is 6.20. The SMILES string of the molecule is C[C@@H]1OCCS(=O)(=O)[C@@H]1C. The van der Waals surface area contributed by atoms with E-state index in [-0.39, 0.29) is 17.1 Å². The average molecular weight is 164 g/mol. The van der Waals surface area contributed by atoms with Gasteiger partial charge in [-0.15, -0.1) is 0 Å². The Morgan fingerprint density at radius 2 is 2.00 bits per heavy atom. The minimum Gasteiger partial charge on any atom is -0.376 e. The summed E-state index contributed by atoms with van der Waals surface area (Å²) in [6.45, 7) is 3.84. The fraction of sp³-hybridized carbons (Fsp3) is 1.00. The van der Waals surface area contributed by atoms with Gasteiger partial charge in [0, 0.05) is 0 Å². The standard InChI is InChI=1S/C6H12O3S/c1-5-6(2)10(7,8)4-3-9-5/h5-6H,3-4H2,1-2H3/t5-,6+/m0/s1. The van der Waals surface area contributed by atoms with Crippen LogP contribution in [0.1, 0.15) is 13.8 Å². The molecule has 0 saturated carbocycles. The molecule has 0 aromatic heterocycles. The van der Waals surface area contributed by atoms with E-state index in [0.717, 1.165) is 0 Å². The molecule has 0 aliphatic carbocycles. The third kappa shape index (κ3) is 1.32. The summed E-state index contributed by atoms with van der Waals surface area (Å²) in [5, 5.41) is -0.332. The first-order valence-corrected chi connectivity index (χ1v) is 5.09. The monoisotopic (exact) mass is 164 g/mol. The topological polar surface area (TPSA) is 43.4 Å². The molecule has 1 fully saturated rings. The van der Waals surface area contributed by atoms with E-state index in [2.05, 4.69) is 0 Å². The average Bonchev–Trinajstić information content (AvgIpc) is 1.83.